The summed E-state index contributed by atoms with van der Waals surface area (Å²) in [5, 5.41) is 0. The van der Waals surface area contributed by atoms with Gasteiger partial charge in [-0.2, -0.15) is 4.99 Å². The molecule has 44 valence electrons. The molecule has 2 nitrogen and oxygen atoms in total. The second kappa shape index (κ2) is 4.28. The highest BCUT2D eigenvalue weighted by Gasteiger charge is 1.77. The molecule has 0 atom stereocenters. The van der Waals surface area contributed by atoms with E-state index in [1.54, 1.807) is 0 Å². The molecule has 2 heteroatoms. The van der Waals surface area contributed by atoms with Crippen LogP contribution in [-0.4, -0.2) is 6.08 Å². The Morgan fingerprint density at radius 3 is 2.88 bits per heavy atom. The van der Waals surface area contributed by atoms with E-state index in [9.17, 15) is 4.79 Å². The number of isocyanates is 1. The number of allylic oxidation sites excluding steroid dienone is 1. The molecule has 0 spiro atoms. The van der Waals surface area contributed by atoms with Gasteiger partial charge in [0.15, 0.2) is 0 Å². The van der Waals surface area contributed by atoms with Crippen LogP contribution in [0.5, 0.6) is 0 Å². The lowest BCUT2D eigenvalue weighted by Gasteiger charge is -1.84. The maximum absolute atomic E-state index is 9.49. The van der Waals surface area contributed by atoms with Gasteiger partial charge in [0.1, 0.15) is 0 Å². The van der Waals surface area contributed by atoms with Gasteiger partial charge in [-0.25, -0.2) is 4.79 Å². The number of rotatable bonds is 2. The molecular formula is C6H9NO. The molecule has 0 aromatic rings. The molecule has 0 heterocycles. The van der Waals surface area contributed by atoms with Crippen LogP contribution in [0.4, 0.5) is 0 Å². The molecule has 0 aliphatic carbocycles. The maximum Gasteiger partial charge on any atom is 0.239 e. The molecule has 0 bridgehead atoms. The average Bonchev–Trinajstić information content (AvgIpc) is 1.83. The Labute approximate surface area is 48.9 Å². The van der Waals surface area contributed by atoms with Crippen LogP contribution in [0.2, 0.25) is 0 Å². The first-order valence-electron chi connectivity index (χ1n) is 2.54. The molecule has 0 saturated heterocycles. The van der Waals surface area contributed by atoms with Gasteiger partial charge in [0.2, 0.25) is 6.08 Å². The minimum Gasteiger partial charge on any atom is -0.211 e. The number of nitrogens with zero attached hydrogens (tertiary/aromatic N) is 1. The second-order valence-corrected chi connectivity index (χ2v) is 1.55. The van der Waals surface area contributed by atoms with Crippen LogP contribution >= 0.6 is 0 Å². The summed E-state index contributed by atoms with van der Waals surface area (Å²) < 4.78 is 0. The van der Waals surface area contributed by atoms with Gasteiger partial charge in [-0.1, -0.05) is 12.5 Å². The standard InChI is InChI=1S/C6H9NO/c1-3-6(2)4-7-5-8/h4H,3H2,1-2H3/b6-4+. The smallest absolute Gasteiger partial charge is 0.211 e. The summed E-state index contributed by atoms with van der Waals surface area (Å²) in [6, 6.07) is 0. The van der Waals surface area contributed by atoms with Crippen LogP contribution in [-0.2, 0) is 4.79 Å². The van der Waals surface area contributed by atoms with Crippen molar-refractivity contribution >= 4 is 6.08 Å². The third-order valence-electron chi connectivity index (χ3n) is 0.895. The lowest BCUT2D eigenvalue weighted by molar-refractivity contribution is 0.565. The van der Waals surface area contributed by atoms with Gasteiger partial charge >= 0.3 is 0 Å². The maximum atomic E-state index is 9.49. The molecule has 0 saturated carbocycles. The Morgan fingerprint density at radius 1 is 1.88 bits per heavy atom. The van der Waals surface area contributed by atoms with E-state index in [1.165, 1.54) is 12.3 Å². The molecule has 0 amide bonds. The molecule has 0 aromatic carbocycles. The first-order valence-corrected chi connectivity index (χ1v) is 2.54. The normalized spacial score (nSPS) is 10.5. The minimum absolute atomic E-state index is 0.936. The zero-order chi connectivity index (χ0) is 6.41. The summed E-state index contributed by atoms with van der Waals surface area (Å²) in [4.78, 5) is 12.8. The Balaban J connectivity index is 3.74. The predicted octanol–water partition coefficient (Wildman–Crippen LogP) is 1.64. The Kier molecular flexibility index (Phi) is 3.81. The Hall–Kier alpha value is -0.880. The van der Waals surface area contributed by atoms with E-state index >= 15 is 0 Å². The van der Waals surface area contributed by atoms with Crippen molar-refractivity contribution in [2.45, 2.75) is 20.3 Å². The van der Waals surface area contributed by atoms with Gasteiger partial charge in [-0.3, -0.25) is 0 Å². The molecule has 0 fully saturated rings. The van der Waals surface area contributed by atoms with E-state index in [0.29, 0.717) is 0 Å². The van der Waals surface area contributed by atoms with E-state index in [0.717, 1.165) is 12.0 Å². The molecular weight excluding hydrogens is 102 g/mol. The molecule has 0 radical (unpaired) electrons. The fourth-order valence-electron chi connectivity index (χ4n) is 0.228. The highest BCUT2D eigenvalue weighted by atomic mass is 16.1. The Morgan fingerprint density at radius 2 is 2.50 bits per heavy atom. The zero-order valence-corrected chi connectivity index (χ0v) is 5.14. The van der Waals surface area contributed by atoms with E-state index < -0.39 is 0 Å². The van der Waals surface area contributed by atoms with Crippen LogP contribution < -0.4 is 0 Å². The lowest BCUT2D eigenvalue weighted by Crippen LogP contribution is -1.66. The van der Waals surface area contributed by atoms with Crippen molar-refractivity contribution in [3.8, 4) is 0 Å². The molecule has 0 aromatic heterocycles. The molecule has 8 heavy (non-hydrogen) atoms. The third kappa shape index (κ3) is 3.32. The first kappa shape index (κ1) is 7.12. The van der Waals surface area contributed by atoms with Gasteiger partial charge in [0.25, 0.3) is 0 Å². The predicted molar refractivity (Wildman–Crippen MR) is 32.2 cm³/mol. The lowest BCUT2D eigenvalue weighted by atomic mass is 10.3. The van der Waals surface area contributed by atoms with Crippen LogP contribution in [0.3, 0.4) is 0 Å². The van der Waals surface area contributed by atoms with Crippen molar-refractivity contribution < 1.29 is 4.79 Å². The van der Waals surface area contributed by atoms with Crippen LogP contribution in [0, 0.1) is 0 Å². The number of carbonyl (C=O) groups excluding carboxylic acids is 1. The molecule has 0 unspecified atom stereocenters. The number of hydrogen-bond acceptors (Lipinski definition) is 2. The van der Waals surface area contributed by atoms with E-state index in [4.69, 9.17) is 0 Å². The SMILES string of the molecule is CC/C(C)=C/N=C=O. The van der Waals surface area contributed by atoms with E-state index in [-0.39, 0.29) is 0 Å². The van der Waals surface area contributed by atoms with Gasteiger partial charge in [0, 0.05) is 6.20 Å². The summed E-state index contributed by atoms with van der Waals surface area (Å²) >= 11 is 0. The zero-order valence-electron chi connectivity index (χ0n) is 5.14. The summed E-state index contributed by atoms with van der Waals surface area (Å²) in [7, 11) is 0. The number of aliphatic imine (C=N–C) groups is 1. The molecule has 0 aliphatic heterocycles. The average molecular weight is 111 g/mol. The van der Waals surface area contributed by atoms with Crippen molar-refractivity contribution in [1.29, 1.82) is 0 Å². The third-order valence-corrected chi connectivity index (χ3v) is 0.895. The van der Waals surface area contributed by atoms with Crippen molar-refractivity contribution in [2.75, 3.05) is 0 Å². The summed E-state index contributed by atoms with van der Waals surface area (Å²) in [5.41, 5.74) is 1.09. The fourth-order valence-corrected chi connectivity index (χ4v) is 0.228. The molecule has 0 N–H and O–H groups in total. The van der Waals surface area contributed by atoms with Crippen molar-refractivity contribution in [1.82, 2.24) is 0 Å². The quantitative estimate of drug-likeness (QED) is 0.393. The van der Waals surface area contributed by atoms with Crippen LogP contribution in [0.25, 0.3) is 0 Å². The highest BCUT2D eigenvalue weighted by molar-refractivity contribution is 5.34. The molecule has 0 aliphatic rings. The van der Waals surface area contributed by atoms with E-state index in [2.05, 4.69) is 4.99 Å². The Bertz CT molecular complexity index is 131. The van der Waals surface area contributed by atoms with Gasteiger partial charge in [-0.15, -0.1) is 0 Å². The van der Waals surface area contributed by atoms with Crippen molar-refractivity contribution in [2.24, 2.45) is 4.99 Å². The van der Waals surface area contributed by atoms with Crippen molar-refractivity contribution in [3.05, 3.63) is 11.8 Å². The fraction of sp³-hybridized carbons (Fsp3) is 0.500. The van der Waals surface area contributed by atoms with Crippen molar-refractivity contribution in [3.63, 3.8) is 0 Å². The number of hydrogen-bond donors (Lipinski definition) is 0. The highest BCUT2D eigenvalue weighted by Crippen LogP contribution is 1.95. The van der Waals surface area contributed by atoms with E-state index in [1.807, 2.05) is 13.8 Å². The van der Waals surface area contributed by atoms with Crippen LogP contribution in [0.15, 0.2) is 16.8 Å². The topological polar surface area (TPSA) is 29.4 Å². The minimum atomic E-state index is 0.936. The first-order chi connectivity index (χ1) is 3.81. The van der Waals surface area contributed by atoms with Gasteiger partial charge < -0.3 is 0 Å². The monoisotopic (exact) mass is 111 g/mol. The summed E-state index contributed by atoms with van der Waals surface area (Å²) in [6.45, 7) is 3.92. The summed E-state index contributed by atoms with van der Waals surface area (Å²) in [5.74, 6) is 0. The largest absolute Gasteiger partial charge is 0.239 e. The van der Waals surface area contributed by atoms with Gasteiger partial charge in [-0.05, 0) is 13.3 Å². The van der Waals surface area contributed by atoms with Gasteiger partial charge in [0.05, 0.1) is 0 Å². The second-order valence-electron chi connectivity index (χ2n) is 1.55. The molecule has 0 rings (SSSR count). The van der Waals surface area contributed by atoms with Crippen LogP contribution in [0.1, 0.15) is 20.3 Å². The summed E-state index contributed by atoms with van der Waals surface area (Å²) in [6.07, 6.45) is 3.89.